The highest BCUT2D eigenvalue weighted by molar-refractivity contribution is 5.82. The first kappa shape index (κ1) is 17.2. The highest BCUT2D eigenvalue weighted by Crippen LogP contribution is 2.35. The summed E-state index contributed by atoms with van der Waals surface area (Å²) in [6.07, 6.45) is 1.75. The Balaban J connectivity index is 1.91. The maximum Gasteiger partial charge on any atom is 0.207 e. The summed E-state index contributed by atoms with van der Waals surface area (Å²) in [5.41, 5.74) is 5.03. The van der Waals surface area contributed by atoms with Crippen molar-refractivity contribution in [3.8, 4) is 23.1 Å². The fraction of sp³-hybridized carbons (Fsp3) is 0.174. The summed E-state index contributed by atoms with van der Waals surface area (Å²) >= 11 is 0. The number of rotatable bonds is 5. The van der Waals surface area contributed by atoms with Crippen molar-refractivity contribution in [1.82, 2.24) is 9.55 Å². The van der Waals surface area contributed by atoms with Crippen molar-refractivity contribution in [3.63, 3.8) is 0 Å². The topological polar surface area (TPSA) is 36.3 Å². The van der Waals surface area contributed by atoms with E-state index in [9.17, 15) is 0 Å². The highest BCUT2D eigenvalue weighted by atomic mass is 16.5. The van der Waals surface area contributed by atoms with Gasteiger partial charge in [-0.25, -0.2) is 0 Å². The van der Waals surface area contributed by atoms with E-state index in [0.717, 1.165) is 45.2 Å². The van der Waals surface area contributed by atoms with Gasteiger partial charge in [0.15, 0.2) is 0 Å². The van der Waals surface area contributed by atoms with E-state index in [-0.39, 0.29) is 0 Å². The molecule has 0 saturated carbocycles. The van der Waals surface area contributed by atoms with Crippen molar-refractivity contribution >= 4 is 11.0 Å². The summed E-state index contributed by atoms with van der Waals surface area (Å²) in [7, 11) is 0. The summed E-state index contributed by atoms with van der Waals surface area (Å²) in [4.78, 5) is 4.57. The van der Waals surface area contributed by atoms with Crippen LogP contribution >= 0.6 is 0 Å². The average Bonchev–Trinajstić information content (AvgIpc) is 3.03. The van der Waals surface area contributed by atoms with Gasteiger partial charge in [0.1, 0.15) is 11.5 Å². The molecule has 136 valence electrons. The summed E-state index contributed by atoms with van der Waals surface area (Å²) in [6.45, 7) is 6.69. The molecule has 0 fully saturated rings. The third-order valence-corrected chi connectivity index (χ3v) is 4.53. The van der Waals surface area contributed by atoms with Crippen LogP contribution in [0, 0.1) is 13.8 Å². The minimum Gasteiger partial charge on any atom is -0.492 e. The summed E-state index contributed by atoms with van der Waals surface area (Å²) in [5.74, 6) is 2.36. The monoisotopic (exact) mass is 358 g/mol. The fourth-order valence-electron chi connectivity index (χ4n) is 3.26. The van der Waals surface area contributed by atoms with Gasteiger partial charge in [-0.2, -0.15) is 0 Å². The Bertz CT molecular complexity index is 1060. The Morgan fingerprint density at radius 1 is 0.926 bits per heavy atom. The smallest absolute Gasteiger partial charge is 0.207 e. The van der Waals surface area contributed by atoms with Gasteiger partial charge in [-0.3, -0.25) is 9.55 Å². The first-order valence-electron chi connectivity index (χ1n) is 9.11. The van der Waals surface area contributed by atoms with Crippen molar-refractivity contribution in [2.75, 3.05) is 6.61 Å². The molecule has 4 aromatic rings. The predicted octanol–water partition coefficient (Wildman–Crippen LogP) is 5.83. The van der Waals surface area contributed by atoms with Gasteiger partial charge in [-0.1, -0.05) is 36.4 Å². The molecule has 0 aliphatic rings. The van der Waals surface area contributed by atoms with Gasteiger partial charge in [0, 0.05) is 17.8 Å². The molecule has 0 amide bonds. The second-order valence-electron chi connectivity index (χ2n) is 6.48. The molecule has 0 saturated heterocycles. The van der Waals surface area contributed by atoms with Crippen LogP contribution in [-0.2, 0) is 0 Å². The largest absolute Gasteiger partial charge is 0.492 e. The number of para-hydroxylation sites is 2. The maximum atomic E-state index is 6.39. The molecule has 2 aromatic carbocycles. The molecule has 0 aliphatic carbocycles. The van der Waals surface area contributed by atoms with Crippen LogP contribution in [0.1, 0.15) is 18.1 Å². The van der Waals surface area contributed by atoms with Crippen LogP contribution in [0.25, 0.3) is 16.7 Å². The fourth-order valence-corrected chi connectivity index (χ4v) is 3.26. The predicted molar refractivity (Wildman–Crippen MR) is 108 cm³/mol. The van der Waals surface area contributed by atoms with Gasteiger partial charge in [0.05, 0.1) is 23.8 Å². The van der Waals surface area contributed by atoms with E-state index in [2.05, 4.69) is 47.7 Å². The molecule has 0 unspecified atom stereocenters. The number of aromatic nitrogens is 2. The standard InChI is InChI=1S/C23H22N2O2/c1-4-26-19-13-21-20(24-15-19)14-22(25(21)18-11-6-5-7-12-18)27-23-16(2)9-8-10-17(23)3/h5-15H,4H2,1-3H3. The second-order valence-corrected chi connectivity index (χ2v) is 6.48. The van der Waals surface area contributed by atoms with Gasteiger partial charge in [-0.15, -0.1) is 0 Å². The zero-order chi connectivity index (χ0) is 18.8. The minimum atomic E-state index is 0.602. The molecule has 0 N–H and O–H groups in total. The van der Waals surface area contributed by atoms with Gasteiger partial charge >= 0.3 is 0 Å². The van der Waals surface area contributed by atoms with E-state index >= 15 is 0 Å². The molecule has 27 heavy (non-hydrogen) atoms. The van der Waals surface area contributed by atoms with Crippen LogP contribution in [0.4, 0.5) is 0 Å². The molecule has 0 radical (unpaired) electrons. The average molecular weight is 358 g/mol. The molecule has 2 heterocycles. The molecule has 4 heteroatoms. The minimum absolute atomic E-state index is 0.602. The number of hydrogen-bond donors (Lipinski definition) is 0. The summed E-state index contributed by atoms with van der Waals surface area (Å²) in [6, 6.07) is 20.3. The van der Waals surface area contributed by atoms with E-state index in [1.165, 1.54) is 0 Å². The lowest BCUT2D eigenvalue weighted by atomic mass is 10.1. The molecule has 0 atom stereocenters. The van der Waals surface area contributed by atoms with Crippen LogP contribution in [0.2, 0.25) is 0 Å². The molecule has 0 aliphatic heterocycles. The quantitative estimate of drug-likeness (QED) is 0.450. The van der Waals surface area contributed by atoms with Crippen molar-refractivity contribution in [1.29, 1.82) is 0 Å². The highest BCUT2D eigenvalue weighted by Gasteiger charge is 2.16. The molecule has 2 aromatic heterocycles. The molecule has 0 bridgehead atoms. The SMILES string of the molecule is CCOc1cnc2cc(Oc3c(C)cccc3C)n(-c3ccccc3)c2c1. The molecular formula is C23H22N2O2. The van der Waals surface area contributed by atoms with Crippen molar-refractivity contribution in [3.05, 3.63) is 78.0 Å². The zero-order valence-corrected chi connectivity index (χ0v) is 15.8. The summed E-state index contributed by atoms with van der Waals surface area (Å²) in [5, 5.41) is 0. The zero-order valence-electron chi connectivity index (χ0n) is 15.8. The number of ether oxygens (including phenoxy) is 2. The number of pyridine rings is 1. The van der Waals surface area contributed by atoms with E-state index in [1.54, 1.807) is 6.20 Å². The number of fused-ring (bicyclic) bond motifs is 1. The maximum absolute atomic E-state index is 6.39. The van der Waals surface area contributed by atoms with Crippen molar-refractivity contribution in [2.24, 2.45) is 0 Å². The molecule has 4 rings (SSSR count). The second kappa shape index (κ2) is 7.16. The Kier molecular flexibility index (Phi) is 4.55. The van der Waals surface area contributed by atoms with Crippen molar-refractivity contribution < 1.29 is 9.47 Å². The Labute approximate surface area is 159 Å². The van der Waals surface area contributed by atoms with Crippen LogP contribution < -0.4 is 9.47 Å². The summed E-state index contributed by atoms with van der Waals surface area (Å²) < 4.78 is 14.1. The first-order chi connectivity index (χ1) is 13.2. The number of nitrogens with zero attached hydrogens (tertiary/aromatic N) is 2. The lowest BCUT2D eigenvalue weighted by Gasteiger charge is -2.15. The normalized spacial score (nSPS) is 10.9. The Morgan fingerprint density at radius 2 is 1.67 bits per heavy atom. The van der Waals surface area contributed by atoms with Crippen LogP contribution in [0.3, 0.4) is 0 Å². The van der Waals surface area contributed by atoms with E-state index in [0.29, 0.717) is 6.61 Å². The molecule has 4 nitrogen and oxygen atoms in total. The number of benzene rings is 2. The van der Waals surface area contributed by atoms with Crippen LogP contribution in [0.15, 0.2) is 66.9 Å². The third kappa shape index (κ3) is 3.26. The van der Waals surface area contributed by atoms with Crippen LogP contribution in [-0.4, -0.2) is 16.2 Å². The van der Waals surface area contributed by atoms with Crippen molar-refractivity contribution in [2.45, 2.75) is 20.8 Å². The number of hydrogen-bond acceptors (Lipinski definition) is 3. The lowest BCUT2D eigenvalue weighted by Crippen LogP contribution is -2.00. The molecular weight excluding hydrogens is 336 g/mol. The first-order valence-corrected chi connectivity index (χ1v) is 9.11. The Morgan fingerprint density at radius 3 is 2.37 bits per heavy atom. The van der Waals surface area contributed by atoms with Gasteiger partial charge in [0.2, 0.25) is 5.88 Å². The molecule has 0 spiro atoms. The van der Waals surface area contributed by atoms with Gasteiger partial charge < -0.3 is 9.47 Å². The number of aryl methyl sites for hydroxylation is 2. The van der Waals surface area contributed by atoms with E-state index in [1.807, 2.05) is 43.3 Å². The third-order valence-electron chi connectivity index (χ3n) is 4.53. The van der Waals surface area contributed by atoms with Gasteiger partial charge in [-0.05, 0) is 44.0 Å². The Hall–Kier alpha value is -3.27. The van der Waals surface area contributed by atoms with E-state index in [4.69, 9.17) is 9.47 Å². The van der Waals surface area contributed by atoms with Gasteiger partial charge in [0.25, 0.3) is 0 Å². The van der Waals surface area contributed by atoms with E-state index < -0.39 is 0 Å². The van der Waals surface area contributed by atoms with Crippen LogP contribution in [0.5, 0.6) is 17.4 Å². The lowest BCUT2D eigenvalue weighted by molar-refractivity contribution is 0.339.